The lowest BCUT2D eigenvalue weighted by Gasteiger charge is -2.08. The molecule has 0 aliphatic heterocycles. The first-order valence-corrected chi connectivity index (χ1v) is 8.17. The fourth-order valence-corrected chi connectivity index (χ4v) is 2.85. The molecule has 0 radical (unpaired) electrons. The van der Waals surface area contributed by atoms with E-state index in [4.69, 9.17) is 15.4 Å². The van der Waals surface area contributed by atoms with Crippen molar-refractivity contribution in [1.29, 1.82) is 0 Å². The Balaban J connectivity index is 2.23. The summed E-state index contributed by atoms with van der Waals surface area (Å²) in [5.74, 6) is -0.613. The standard InChI is InChI=1S/C9H7BrClFN4O3S/c1-16-14-9(13-15-16)4-19-7-3-6(12)8(2-5(7)10)20(11,17)18/h2-3H,4H2,1H3. The lowest BCUT2D eigenvalue weighted by Crippen LogP contribution is -2.02. The average molecular weight is 386 g/mol. The first kappa shape index (κ1) is 15.1. The first-order valence-electron chi connectivity index (χ1n) is 5.07. The van der Waals surface area contributed by atoms with Crippen LogP contribution in [0.5, 0.6) is 5.75 Å². The van der Waals surface area contributed by atoms with Crippen molar-refractivity contribution in [1.82, 2.24) is 20.2 Å². The number of tetrazole rings is 1. The highest BCUT2D eigenvalue weighted by Crippen LogP contribution is 2.32. The zero-order valence-corrected chi connectivity index (χ0v) is 13.1. The molecule has 0 bridgehead atoms. The molecule has 108 valence electrons. The monoisotopic (exact) mass is 384 g/mol. The van der Waals surface area contributed by atoms with Gasteiger partial charge in [0, 0.05) is 16.7 Å². The number of hydrogen-bond acceptors (Lipinski definition) is 6. The van der Waals surface area contributed by atoms with Crippen LogP contribution in [-0.2, 0) is 22.7 Å². The molecule has 2 aromatic rings. The Bertz CT molecular complexity index is 752. The van der Waals surface area contributed by atoms with Gasteiger partial charge in [0.2, 0.25) is 5.82 Å². The minimum absolute atomic E-state index is 0.0428. The highest BCUT2D eigenvalue weighted by Gasteiger charge is 2.19. The van der Waals surface area contributed by atoms with Gasteiger partial charge in [0.25, 0.3) is 9.05 Å². The predicted octanol–water partition coefficient (Wildman–Crippen LogP) is 1.62. The lowest BCUT2D eigenvalue weighted by atomic mass is 10.3. The van der Waals surface area contributed by atoms with Gasteiger partial charge in [-0.25, -0.2) is 12.8 Å². The first-order chi connectivity index (χ1) is 9.27. The Morgan fingerprint density at radius 3 is 2.75 bits per heavy atom. The SMILES string of the molecule is Cn1nnc(COc2cc(F)c(S(=O)(=O)Cl)cc2Br)n1. The summed E-state index contributed by atoms with van der Waals surface area (Å²) in [6.45, 7) is -0.0428. The van der Waals surface area contributed by atoms with Crippen molar-refractivity contribution < 1.29 is 17.5 Å². The van der Waals surface area contributed by atoms with Crippen LogP contribution >= 0.6 is 26.6 Å². The quantitative estimate of drug-likeness (QED) is 0.743. The van der Waals surface area contributed by atoms with E-state index < -0.39 is 19.8 Å². The molecule has 0 aliphatic rings. The Morgan fingerprint density at radius 2 is 2.20 bits per heavy atom. The van der Waals surface area contributed by atoms with Gasteiger partial charge >= 0.3 is 0 Å². The second-order valence-electron chi connectivity index (χ2n) is 3.63. The lowest BCUT2D eigenvalue weighted by molar-refractivity contribution is 0.291. The Kier molecular flexibility index (Phi) is 4.25. The van der Waals surface area contributed by atoms with Crippen LogP contribution in [0.2, 0.25) is 0 Å². The molecule has 7 nitrogen and oxygen atoms in total. The smallest absolute Gasteiger partial charge is 0.264 e. The molecule has 0 unspecified atom stereocenters. The molecule has 0 atom stereocenters. The van der Waals surface area contributed by atoms with Crippen LogP contribution in [0.4, 0.5) is 4.39 Å². The second-order valence-corrected chi connectivity index (χ2v) is 7.02. The van der Waals surface area contributed by atoms with Crippen molar-refractivity contribution in [2.75, 3.05) is 0 Å². The van der Waals surface area contributed by atoms with E-state index in [1.807, 2.05) is 0 Å². The maximum Gasteiger partial charge on any atom is 0.264 e. The molecule has 2 rings (SSSR count). The number of aromatic nitrogens is 4. The van der Waals surface area contributed by atoms with Crippen LogP contribution in [0.1, 0.15) is 5.82 Å². The highest BCUT2D eigenvalue weighted by molar-refractivity contribution is 9.10. The Morgan fingerprint density at radius 1 is 1.50 bits per heavy atom. The molecule has 1 aromatic heterocycles. The molecular weight excluding hydrogens is 379 g/mol. The summed E-state index contributed by atoms with van der Waals surface area (Å²) in [6.07, 6.45) is 0. The Labute approximate surface area is 126 Å². The normalized spacial score (nSPS) is 11.6. The van der Waals surface area contributed by atoms with E-state index in [0.29, 0.717) is 5.82 Å². The molecule has 0 saturated heterocycles. The van der Waals surface area contributed by atoms with Gasteiger partial charge < -0.3 is 4.74 Å². The summed E-state index contributed by atoms with van der Waals surface area (Å²) in [4.78, 5) is 0.619. The van der Waals surface area contributed by atoms with Gasteiger partial charge in [0.1, 0.15) is 16.5 Å². The molecule has 0 amide bonds. The van der Waals surface area contributed by atoms with Crippen LogP contribution < -0.4 is 4.74 Å². The molecule has 20 heavy (non-hydrogen) atoms. The van der Waals surface area contributed by atoms with Crippen LogP contribution in [0.3, 0.4) is 0 Å². The van der Waals surface area contributed by atoms with Crippen LogP contribution in [-0.4, -0.2) is 28.6 Å². The zero-order valence-electron chi connectivity index (χ0n) is 9.92. The second kappa shape index (κ2) is 5.62. The zero-order chi connectivity index (χ0) is 14.9. The third-order valence-corrected chi connectivity index (χ3v) is 4.11. The molecule has 0 saturated carbocycles. The maximum atomic E-state index is 13.6. The van der Waals surface area contributed by atoms with Crippen molar-refractivity contribution in [2.45, 2.75) is 11.5 Å². The topological polar surface area (TPSA) is 87.0 Å². The molecule has 0 N–H and O–H groups in total. The summed E-state index contributed by atoms with van der Waals surface area (Å²) < 4.78 is 41.4. The number of halogens is 3. The average Bonchev–Trinajstić information content (AvgIpc) is 2.74. The minimum atomic E-state index is -4.16. The third-order valence-electron chi connectivity index (χ3n) is 2.16. The molecule has 1 aromatic carbocycles. The van der Waals surface area contributed by atoms with Crippen LogP contribution in [0, 0.1) is 5.82 Å². The summed E-state index contributed by atoms with van der Waals surface area (Å²) in [5.41, 5.74) is 0. The number of ether oxygens (including phenoxy) is 1. The van der Waals surface area contributed by atoms with E-state index in [2.05, 4.69) is 31.3 Å². The van der Waals surface area contributed by atoms with Gasteiger partial charge in [0.05, 0.1) is 11.5 Å². The maximum absolute atomic E-state index is 13.6. The van der Waals surface area contributed by atoms with Crippen molar-refractivity contribution in [2.24, 2.45) is 7.05 Å². The summed E-state index contributed by atoms with van der Waals surface area (Å²) >= 11 is 3.08. The summed E-state index contributed by atoms with van der Waals surface area (Å²) in [7, 11) is 2.53. The third kappa shape index (κ3) is 3.44. The fraction of sp³-hybridized carbons (Fsp3) is 0.222. The molecule has 0 fully saturated rings. The summed E-state index contributed by atoms with van der Waals surface area (Å²) in [6, 6.07) is 1.94. The molecule has 0 spiro atoms. The molecule has 11 heteroatoms. The van der Waals surface area contributed by atoms with Gasteiger partial charge in [0.15, 0.2) is 6.61 Å². The van der Waals surface area contributed by atoms with Gasteiger partial charge in [-0.2, -0.15) is 4.80 Å². The summed E-state index contributed by atoms with van der Waals surface area (Å²) in [5, 5.41) is 11.2. The Hall–Kier alpha value is -1.26. The number of benzene rings is 1. The van der Waals surface area contributed by atoms with E-state index >= 15 is 0 Å². The van der Waals surface area contributed by atoms with Crippen molar-refractivity contribution >= 4 is 35.7 Å². The van der Waals surface area contributed by atoms with Gasteiger partial charge in [-0.15, -0.1) is 10.2 Å². The van der Waals surface area contributed by atoms with Crippen LogP contribution in [0.15, 0.2) is 21.5 Å². The molecule has 0 aliphatic carbocycles. The van der Waals surface area contributed by atoms with Gasteiger partial charge in [-0.1, -0.05) is 0 Å². The highest BCUT2D eigenvalue weighted by atomic mass is 79.9. The van der Waals surface area contributed by atoms with Crippen molar-refractivity contribution in [3.05, 3.63) is 28.2 Å². The van der Waals surface area contributed by atoms with Gasteiger partial charge in [-0.3, -0.25) is 0 Å². The van der Waals surface area contributed by atoms with E-state index in [1.54, 1.807) is 7.05 Å². The molecule has 1 heterocycles. The predicted molar refractivity (Wildman–Crippen MR) is 70.3 cm³/mol. The van der Waals surface area contributed by atoms with E-state index in [0.717, 1.165) is 12.1 Å². The number of nitrogens with zero attached hydrogens (tertiary/aromatic N) is 4. The largest absolute Gasteiger partial charge is 0.484 e. The van der Waals surface area contributed by atoms with Crippen molar-refractivity contribution in [3.63, 3.8) is 0 Å². The van der Waals surface area contributed by atoms with E-state index in [-0.39, 0.29) is 16.8 Å². The van der Waals surface area contributed by atoms with E-state index in [9.17, 15) is 12.8 Å². The van der Waals surface area contributed by atoms with Gasteiger partial charge in [-0.05, 0) is 27.2 Å². The van der Waals surface area contributed by atoms with E-state index in [1.165, 1.54) is 4.80 Å². The number of aryl methyl sites for hydroxylation is 1. The fourth-order valence-electron chi connectivity index (χ4n) is 1.33. The number of hydrogen-bond donors (Lipinski definition) is 0. The number of rotatable bonds is 4. The minimum Gasteiger partial charge on any atom is -0.484 e. The van der Waals surface area contributed by atoms with Crippen LogP contribution in [0.25, 0.3) is 0 Å². The van der Waals surface area contributed by atoms with Crippen molar-refractivity contribution in [3.8, 4) is 5.75 Å². The molecular formula is C9H7BrClFN4O3S.